The predicted octanol–water partition coefficient (Wildman–Crippen LogP) is 6.92. The third-order valence-corrected chi connectivity index (χ3v) is 13.4. The van der Waals surface area contributed by atoms with Crippen molar-refractivity contribution in [2.24, 2.45) is 0 Å². The van der Waals surface area contributed by atoms with Crippen LogP contribution in [0.25, 0.3) is 0 Å². The molecule has 1 N–H and O–H groups in total. The molecular formula is C31H39BrN2O8Si. The normalized spacial score (nSPS) is 18.4. The Balaban J connectivity index is 1.82. The van der Waals surface area contributed by atoms with Crippen molar-refractivity contribution in [1.29, 1.82) is 0 Å². The maximum Gasteiger partial charge on any atom is 0.414 e. The van der Waals surface area contributed by atoms with Crippen molar-refractivity contribution < 1.29 is 38.1 Å². The predicted molar refractivity (Wildman–Crippen MR) is 169 cm³/mol. The lowest BCUT2D eigenvalue weighted by molar-refractivity contribution is 0.0597. The molecule has 2 heterocycles. The Morgan fingerprint density at radius 3 is 2.33 bits per heavy atom. The fraction of sp³-hybridized carbons (Fsp3) is 0.452. The second kappa shape index (κ2) is 12.3. The number of benzene rings is 2. The largest absolute Gasteiger partial charge is 0.493 e. The van der Waals surface area contributed by atoms with Crippen molar-refractivity contribution in [1.82, 2.24) is 4.90 Å². The van der Waals surface area contributed by atoms with E-state index in [0.29, 0.717) is 22.9 Å². The number of ether oxygens (including phenoxy) is 3. The number of hydrogen-bond donors (Lipinski definition) is 1. The van der Waals surface area contributed by atoms with Crippen LogP contribution in [0.1, 0.15) is 66.0 Å². The number of alkyl halides is 1. The van der Waals surface area contributed by atoms with Crippen LogP contribution in [0.5, 0.6) is 11.5 Å². The molecule has 0 saturated carbocycles. The van der Waals surface area contributed by atoms with E-state index in [9.17, 15) is 19.5 Å². The van der Waals surface area contributed by atoms with Gasteiger partial charge in [-0.1, -0.05) is 48.3 Å². The summed E-state index contributed by atoms with van der Waals surface area (Å²) >= 11 is 3.43. The number of carbonyl (C=O) groups excluding carboxylic acids is 2. The summed E-state index contributed by atoms with van der Waals surface area (Å²) in [5, 5.41) is 10.9. The minimum absolute atomic E-state index is 0.0432. The Morgan fingerprint density at radius 1 is 1.07 bits per heavy atom. The van der Waals surface area contributed by atoms with E-state index < -0.39 is 32.6 Å². The minimum Gasteiger partial charge on any atom is -0.493 e. The summed E-state index contributed by atoms with van der Waals surface area (Å²) in [5.74, 6) is -0.312. The van der Waals surface area contributed by atoms with Gasteiger partial charge in [0.2, 0.25) is 0 Å². The first kappa shape index (κ1) is 32.6. The van der Waals surface area contributed by atoms with Gasteiger partial charge in [0, 0.05) is 17.6 Å². The molecule has 2 aliphatic heterocycles. The third kappa shape index (κ3) is 6.46. The lowest BCUT2D eigenvalue weighted by atomic mass is 10.1. The average molecular weight is 676 g/mol. The van der Waals surface area contributed by atoms with E-state index in [1.807, 2.05) is 13.0 Å². The molecule has 0 saturated heterocycles. The van der Waals surface area contributed by atoms with Gasteiger partial charge in [0.25, 0.3) is 5.91 Å². The van der Waals surface area contributed by atoms with Gasteiger partial charge in [-0.05, 0) is 60.8 Å². The summed E-state index contributed by atoms with van der Waals surface area (Å²) < 4.78 is 23.5. The van der Waals surface area contributed by atoms with Crippen LogP contribution in [0, 0.1) is 0 Å². The Bertz CT molecular complexity index is 1470. The van der Waals surface area contributed by atoms with Crippen LogP contribution in [0.2, 0.25) is 18.1 Å². The number of amides is 2. The molecule has 0 bridgehead atoms. The van der Waals surface area contributed by atoms with Crippen molar-refractivity contribution in [3.05, 3.63) is 64.4 Å². The number of rotatable bonds is 8. The van der Waals surface area contributed by atoms with E-state index in [1.165, 1.54) is 26.4 Å². The highest BCUT2D eigenvalue weighted by Gasteiger charge is 2.50. The van der Waals surface area contributed by atoms with Gasteiger partial charge in [-0.15, -0.1) is 0 Å². The standard InChI is InChI=1S/C31H39BrN2O8Si/c1-18-9-24-28(42-43(7,8)31(2,3)4)34(30(37)38)23-14-26(25(39-5)13-22(23)27(35)33(24)16-18)41-17-20-10-19(15-32)11-21(12-20)29(36)40-6/h10-14,16,24,28H,9,15,17H2,1-8H3,(H,37,38)/t24-,28-/m0/s1. The zero-order valence-electron chi connectivity index (χ0n) is 25.8. The van der Waals surface area contributed by atoms with Gasteiger partial charge >= 0.3 is 12.1 Å². The van der Waals surface area contributed by atoms with E-state index in [1.54, 1.807) is 23.2 Å². The molecule has 0 unspecified atom stereocenters. The lowest BCUT2D eigenvalue weighted by Crippen LogP contribution is -2.57. The number of carbonyl (C=O) groups is 3. The maximum atomic E-state index is 14.0. The second-order valence-electron chi connectivity index (χ2n) is 12.4. The van der Waals surface area contributed by atoms with E-state index in [-0.39, 0.29) is 40.3 Å². The first-order valence-electron chi connectivity index (χ1n) is 13.9. The van der Waals surface area contributed by atoms with Crippen LogP contribution < -0.4 is 14.4 Å². The smallest absolute Gasteiger partial charge is 0.414 e. The molecule has 2 aromatic carbocycles. The highest BCUT2D eigenvalue weighted by molar-refractivity contribution is 9.08. The zero-order valence-corrected chi connectivity index (χ0v) is 28.4. The molecular weight excluding hydrogens is 636 g/mol. The van der Waals surface area contributed by atoms with Gasteiger partial charge in [-0.25, -0.2) is 14.5 Å². The number of carboxylic acid groups (broad SMARTS) is 1. The van der Waals surface area contributed by atoms with Crippen LogP contribution in [0.15, 0.2) is 42.1 Å². The van der Waals surface area contributed by atoms with Crippen LogP contribution in [0.4, 0.5) is 10.5 Å². The molecule has 0 aromatic heterocycles. The van der Waals surface area contributed by atoms with Crippen molar-refractivity contribution in [3.8, 4) is 11.5 Å². The zero-order chi connectivity index (χ0) is 31.9. The molecule has 43 heavy (non-hydrogen) atoms. The number of methoxy groups -OCH3 is 2. The third-order valence-electron chi connectivity index (χ3n) is 8.29. The summed E-state index contributed by atoms with van der Waals surface area (Å²) in [6, 6.07) is 7.79. The van der Waals surface area contributed by atoms with Crippen LogP contribution >= 0.6 is 15.9 Å². The molecule has 4 rings (SSSR count). The summed E-state index contributed by atoms with van der Waals surface area (Å²) in [6.45, 7) is 12.3. The summed E-state index contributed by atoms with van der Waals surface area (Å²) in [6.07, 6.45) is 0.0664. The first-order valence-corrected chi connectivity index (χ1v) is 18.0. The SMILES string of the molecule is COC(=O)c1cc(CBr)cc(COc2cc3c(cc2OC)C(=O)N2C=C(C)C[C@H]2[C@H](O[Si](C)(C)C(C)(C)C)N3C(=O)O)c1. The number of hydrogen-bond acceptors (Lipinski definition) is 7. The van der Waals surface area contributed by atoms with E-state index in [0.717, 1.165) is 16.0 Å². The van der Waals surface area contributed by atoms with E-state index >= 15 is 0 Å². The maximum absolute atomic E-state index is 14.0. The molecule has 0 fully saturated rings. The first-order chi connectivity index (χ1) is 20.1. The quantitative estimate of drug-likeness (QED) is 0.182. The molecule has 10 nitrogen and oxygen atoms in total. The van der Waals surface area contributed by atoms with Gasteiger partial charge < -0.3 is 28.6 Å². The van der Waals surface area contributed by atoms with Gasteiger partial charge in [-0.3, -0.25) is 4.79 Å². The minimum atomic E-state index is -2.51. The van der Waals surface area contributed by atoms with Crippen molar-refractivity contribution in [2.45, 2.75) is 76.5 Å². The Morgan fingerprint density at radius 2 is 1.74 bits per heavy atom. The van der Waals surface area contributed by atoms with Crippen molar-refractivity contribution in [3.63, 3.8) is 0 Å². The Kier molecular flexibility index (Phi) is 9.34. The fourth-order valence-electron chi connectivity index (χ4n) is 5.04. The molecule has 2 amide bonds. The topological polar surface area (TPSA) is 115 Å². The number of halogens is 1. The van der Waals surface area contributed by atoms with Gasteiger partial charge in [0.05, 0.1) is 37.1 Å². The lowest BCUT2D eigenvalue weighted by Gasteiger charge is -2.44. The van der Waals surface area contributed by atoms with Gasteiger partial charge in [0.15, 0.2) is 26.0 Å². The molecule has 0 aliphatic carbocycles. The molecule has 232 valence electrons. The number of esters is 1. The van der Waals surface area contributed by atoms with Gasteiger partial charge in [-0.2, -0.15) is 0 Å². The summed E-state index contributed by atoms with van der Waals surface area (Å²) in [7, 11) is 0.266. The molecule has 2 atom stereocenters. The van der Waals surface area contributed by atoms with Crippen molar-refractivity contribution in [2.75, 3.05) is 19.1 Å². The Hall–Kier alpha value is -3.35. The highest BCUT2D eigenvalue weighted by Crippen LogP contribution is 2.45. The second-order valence-corrected chi connectivity index (χ2v) is 17.7. The summed E-state index contributed by atoms with van der Waals surface area (Å²) in [4.78, 5) is 42.0. The molecule has 0 spiro atoms. The number of fused-ring (bicyclic) bond motifs is 2. The van der Waals surface area contributed by atoms with E-state index in [2.05, 4.69) is 49.8 Å². The fourth-order valence-corrected chi connectivity index (χ4v) is 6.59. The van der Waals surface area contributed by atoms with Crippen LogP contribution in [-0.2, 0) is 21.1 Å². The highest BCUT2D eigenvalue weighted by atomic mass is 79.9. The van der Waals surface area contributed by atoms with Crippen LogP contribution in [-0.4, -0.2) is 62.8 Å². The monoisotopic (exact) mass is 674 g/mol. The molecule has 12 heteroatoms. The van der Waals surface area contributed by atoms with Crippen LogP contribution in [0.3, 0.4) is 0 Å². The molecule has 0 radical (unpaired) electrons. The van der Waals surface area contributed by atoms with E-state index in [4.69, 9.17) is 18.6 Å². The molecule has 2 aromatic rings. The summed E-state index contributed by atoms with van der Waals surface area (Å²) in [5.41, 5.74) is 3.21. The average Bonchev–Trinajstić information content (AvgIpc) is 3.31. The van der Waals surface area contributed by atoms with Crippen molar-refractivity contribution >= 4 is 47.9 Å². The number of anilines is 1. The van der Waals surface area contributed by atoms with Gasteiger partial charge in [0.1, 0.15) is 6.61 Å². The molecule has 2 aliphatic rings. The Labute approximate surface area is 261 Å². The number of nitrogens with zero attached hydrogens (tertiary/aromatic N) is 2.